The highest BCUT2D eigenvalue weighted by Crippen LogP contribution is 2.06. The van der Waals surface area contributed by atoms with Crippen molar-refractivity contribution in [2.45, 2.75) is 38.6 Å². The lowest BCUT2D eigenvalue weighted by Crippen LogP contribution is -2.36. The first-order valence-corrected chi connectivity index (χ1v) is 6.29. The van der Waals surface area contributed by atoms with Gasteiger partial charge in [-0.2, -0.15) is 0 Å². The molecule has 1 rings (SSSR count). The van der Waals surface area contributed by atoms with Crippen molar-refractivity contribution in [3.8, 4) is 0 Å². The second kappa shape index (κ2) is 9.92. The summed E-state index contributed by atoms with van der Waals surface area (Å²) in [6.07, 6.45) is 3.13. The Morgan fingerprint density at radius 3 is 2.56 bits per heavy atom. The predicted molar refractivity (Wildman–Crippen MR) is 77.9 cm³/mol. The summed E-state index contributed by atoms with van der Waals surface area (Å²) in [6, 6.07) is 10.5. The third-order valence-electron chi connectivity index (χ3n) is 2.79. The van der Waals surface area contributed by atoms with Gasteiger partial charge >= 0.3 is 0 Å². The van der Waals surface area contributed by atoms with Crippen molar-refractivity contribution < 1.29 is 4.79 Å². The molecule has 0 heterocycles. The molecule has 0 fully saturated rings. The summed E-state index contributed by atoms with van der Waals surface area (Å²) < 4.78 is 0. The van der Waals surface area contributed by atoms with Crippen LogP contribution in [0.15, 0.2) is 30.3 Å². The quantitative estimate of drug-likeness (QED) is 0.799. The Labute approximate surface area is 116 Å². The van der Waals surface area contributed by atoms with Gasteiger partial charge in [-0.15, -0.1) is 12.4 Å². The molecule has 1 unspecified atom stereocenters. The second-order valence-electron chi connectivity index (χ2n) is 4.25. The zero-order valence-electron chi connectivity index (χ0n) is 10.9. The average Bonchev–Trinajstić information content (AvgIpc) is 2.36. The number of amides is 1. The van der Waals surface area contributed by atoms with Crippen LogP contribution in [0.5, 0.6) is 0 Å². The largest absolute Gasteiger partial charge is 0.353 e. The molecule has 0 bridgehead atoms. The first-order chi connectivity index (χ1) is 8.26. The van der Waals surface area contributed by atoms with E-state index >= 15 is 0 Å². The van der Waals surface area contributed by atoms with E-state index < -0.39 is 0 Å². The Balaban J connectivity index is 0.00000289. The fraction of sp³-hybridized carbons (Fsp3) is 0.500. The van der Waals surface area contributed by atoms with Crippen LogP contribution in [0.4, 0.5) is 0 Å². The van der Waals surface area contributed by atoms with E-state index in [1.165, 1.54) is 5.56 Å². The molecule has 0 radical (unpaired) electrons. The van der Waals surface area contributed by atoms with Crippen molar-refractivity contribution >= 4 is 18.3 Å². The molecule has 1 aromatic rings. The molecule has 4 heteroatoms. The molecule has 18 heavy (non-hydrogen) atoms. The van der Waals surface area contributed by atoms with E-state index in [4.69, 9.17) is 5.73 Å². The Bertz CT molecular complexity index is 330. The summed E-state index contributed by atoms with van der Waals surface area (Å²) >= 11 is 0. The highest BCUT2D eigenvalue weighted by atomic mass is 35.5. The van der Waals surface area contributed by atoms with Crippen LogP contribution in [0.1, 0.15) is 31.7 Å². The molecule has 0 aliphatic heterocycles. The number of hydrogen-bond acceptors (Lipinski definition) is 2. The van der Waals surface area contributed by atoms with Crippen LogP contribution in [0.25, 0.3) is 0 Å². The number of halogens is 1. The Morgan fingerprint density at radius 1 is 1.33 bits per heavy atom. The van der Waals surface area contributed by atoms with E-state index in [0.717, 1.165) is 19.3 Å². The molecule has 1 aromatic carbocycles. The second-order valence-corrected chi connectivity index (χ2v) is 4.25. The van der Waals surface area contributed by atoms with Crippen LogP contribution in [-0.4, -0.2) is 18.5 Å². The van der Waals surface area contributed by atoms with Gasteiger partial charge in [-0.3, -0.25) is 4.79 Å². The minimum Gasteiger partial charge on any atom is -0.353 e. The van der Waals surface area contributed by atoms with Gasteiger partial charge in [0.15, 0.2) is 0 Å². The van der Waals surface area contributed by atoms with Crippen LogP contribution >= 0.6 is 12.4 Å². The van der Waals surface area contributed by atoms with Crippen LogP contribution in [0.2, 0.25) is 0 Å². The SMILES string of the molecule is CCC(Cc1ccccc1)NC(=O)CCCN.Cl. The van der Waals surface area contributed by atoms with E-state index in [0.29, 0.717) is 13.0 Å². The van der Waals surface area contributed by atoms with Crippen molar-refractivity contribution in [1.82, 2.24) is 5.32 Å². The van der Waals surface area contributed by atoms with Gasteiger partial charge in [-0.25, -0.2) is 0 Å². The maximum absolute atomic E-state index is 11.6. The average molecular weight is 271 g/mol. The Hall–Kier alpha value is -1.06. The van der Waals surface area contributed by atoms with Crippen LogP contribution in [0, 0.1) is 0 Å². The first kappa shape index (κ1) is 16.9. The van der Waals surface area contributed by atoms with Gasteiger partial charge in [0.05, 0.1) is 0 Å². The van der Waals surface area contributed by atoms with Gasteiger partial charge in [0.1, 0.15) is 0 Å². The topological polar surface area (TPSA) is 55.1 Å². The van der Waals surface area contributed by atoms with Crippen molar-refractivity contribution in [2.75, 3.05) is 6.54 Å². The third kappa shape index (κ3) is 6.62. The summed E-state index contributed by atoms with van der Waals surface area (Å²) in [7, 11) is 0. The third-order valence-corrected chi connectivity index (χ3v) is 2.79. The van der Waals surface area contributed by atoms with Crippen LogP contribution in [0.3, 0.4) is 0 Å². The summed E-state index contributed by atoms with van der Waals surface area (Å²) in [5, 5.41) is 3.06. The highest BCUT2D eigenvalue weighted by molar-refractivity contribution is 5.85. The Kier molecular flexibility index (Phi) is 9.33. The van der Waals surface area contributed by atoms with E-state index in [2.05, 4.69) is 24.4 Å². The normalized spacial score (nSPS) is 11.4. The number of benzene rings is 1. The molecule has 1 amide bonds. The van der Waals surface area contributed by atoms with Gasteiger partial charge in [-0.05, 0) is 31.4 Å². The summed E-state index contributed by atoms with van der Waals surface area (Å²) in [5.74, 6) is 0.109. The number of nitrogens with two attached hydrogens (primary N) is 1. The zero-order valence-corrected chi connectivity index (χ0v) is 11.7. The summed E-state index contributed by atoms with van der Waals surface area (Å²) in [5.41, 5.74) is 6.65. The molecule has 0 aliphatic rings. The molecule has 3 N–H and O–H groups in total. The fourth-order valence-electron chi connectivity index (χ4n) is 1.76. The molecule has 0 aromatic heterocycles. The monoisotopic (exact) mass is 270 g/mol. The number of nitrogens with one attached hydrogen (secondary N) is 1. The van der Waals surface area contributed by atoms with E-state index in [1.54, 1.807) is 0 Å². The van der Waals surface area contributed by atoms with Crippen LogP contribution in [-0.2, 0) is 11.2 Å². The maximum atomic E-state index is 11.6. The number of carbonyl (C=O) groups is 1. The zero-order chi connectivity index (χ0) is 12.5. The van der Waals surface area contributed by atoms with Crippen molar-refractivity contribution in [1.29, 1.82) is 0 Å². The van der Waals surface area contributed by atoms with Gasteiger partial charge < -0.3 is 11.1 Å². The van der Waals surface area contributed by atoms with Crippen molar-refractivity contribution in [3.05, 3.63) is 35.9 Å². The minimum absolute atomic E-state index is 0. The molecule has 0 saturated carbocycles. The standard InChI is InChI=1S/C14H22N2O.ClH/c1-2-13(16-14(17)9-6-10-15)11-12-7-4-3-5-8-12;/h3-5,7-8,13H,2,6,9-11,15H2,1H3,(H,16,17);1H. The number of hydrogen-bond donors (Lipinski definition) is 2. The predicted octanol–water partition coefficient (Wildman–Crippen LogP) is 2.28. The summed E-state index contributed by atoms with van der Waals surface area (Å²) in [4.78, 5) is 11.6. The molecule has 102 valence electrons. The molecule has 0 saturated heterocycles. The number of carbonyl (C=O) groups excluding carboxylic acids is 1. The van der Waals surface area contributed by atoms with Gasteiger partial charge in [-0.1, -0.05) is 37.3 Å². The van der Waals surface area contributed by atoms with Gasteiger partial charge in [0, 0.05) is 12.5 Å². The maximum Gasteiger partial charge on any atom is 0.220 e. The van der Waals surface area contributed by atoms with E-state index in [9.17, 15) is 4.79 Å². The first-order valence-electron chi connectivity index (χ1n) is 6.29. The molecular formula is C14H23ClN2O. The highest BCUT2D eigenvalue weighted by Gasteiger charge is 2.10. The lowest BCUT2D eigenvalue weighted by atomic mass is 10.0. The van der Waals surface area contributed by atoms with Crippen molar-refractivity contribution in [2.24, 2.45) is 5.73 Å². The fourth-order valence-corrected chi connectivity index (χ4v) is 1.76. The lowest BCUT2D eigenvalue weighted by molar-refractivity contribution is -0.121. The van der Waals surface area contributed by atoms with Gasteiger partial charge in [0.2, 0.25) is 5.91 Å². The van der Waals surface area contributed by atoms with Crippen molar-refractivity contribution in [3.63, 3.8) is 0 Å². The molecule has 0 aliphatic carbocycles. The molecule has 1 atom stereocenters. The summed E-state index contributed by atoms with van der Waals surface area (Å²) in [6.45, 7) is 2.67. The minimum atomic E-state index is 0. The van der Waals surface area contributed by atoms with Gasteiger partial charge in [0.25, 0.3) is 0 Å². The molecule has 0 spiro atoms. The smallest absolute Gasteiger partial charge is 0.220 e. The lowest BCUT2D eigenvalue weighted by Gasteiger charge is -2.17. The number of rotatable bonds is 7. The van der Waals surface area contributed by atoms with E-state index in [-0.39, 0.29) is 24.4 Å². The Morgan fingerprint density at radius 2 is 2.00 bits per heavy atom. The van der Waals surface area contributed by atoms with Crippen LogP contribution < -0.4 is 11.1 Å². The molecule has 3 nitrogen and oxygen atoms in total. The van der Waals surface area contributed by atoms with E-state index in [1.807, 2.05) is 18.2 Å². The molecular weight excluding hydrogens is 248 g/mol.